The number of rotatable bonds is 5. The SMILES string of the molecule is Cc1ccc(-c2csc3ncn(CCC(=O)N4C[C@@H](O)C[C@H]4CO)c(=O)c23)cc1. The van der Waals surface area contributed by atoms with E-state index in [2.05, 4.69) is 4.98 Å². The molecule has 2 atom stereocenters. The predicted octanol–water partition coefficient (Wildman–Crippen LogP) is 1.78. The smallest absolute Gasteiger partial charge is 0.262 e. The van der Waals surface area contributed by atoms with Gasteiger partial charge in [-0.15, -0.1) is 11.3 Å². The van der Waals surface area contributed by atoms with Gasteiger partial charge in [0.25, 0.3) is 5.56 Å². The van der Waals surface area contributed by atoms with E-state index in [0.29, 0.717) is 16.6 Å². The lowest BCUT2D eigenvalue weighted by Crippen LogP contribution is -2.38. The molecule has 1 saturated heterocycles. The first kappa shape index (κ1) is 19.8. The Morgan fingerprint density at radius 3 is 2.79 bits per heavy atom. The van der Waals surface area contributed by atoms with Crippen molar-refractivity contribution in [2.75, 3.05) is 13.2 Å². The molecule has 3 aromatic rings. The van der Waals surface area contributed by atoms with E-state index in [4.69, 9.17) is 0 Å². The lowest BCUT2D eigenvalue weighted by atomic mass is 10.1. The molecule has 8 heteroatoms. The largest absolute Gasteiger partial charge is 0.394 e. The maximum atomic E-state index is 13.1. The summed E-state index contributed by atoms with van der Waals surface area (Å²) in [6, 6.07) is 7.64. The summed E-state index contributed by atoms with van der Waals surface area (Å²) in [6.45, 7) is 2.26. The Balaban J connectivity index is 1.58. The van der Waals surface area contributed by atoms with Crippen LogP contribution in [0.4, 0.5) is 0 Å². The van der Waals surface area contributed by atoms with E-state index >= 15 is 0 Å². The van der Waals surface area contributed by atoms with Gasteiger partial charge in [0.15, 0.2) is 0 Å². The van der Waals surface area contributed by atoms with Crippen molar-refractivity contribution in [3.05, 3.63) is 51.9 Å². The number of aliphatic hydroxyl groups excluding tert-OH is 2. The fourth-order valence-corrected chi connectivity index (χ4v) is 4.71. The molecule has 7 nitrogen and oxygen atoms in total. The molecule has 29 heavy (non-hydrogen) atoms. The van der Waals surface area contributed by atoms with Crippen LogP contribution in [0.1, 0.15) is 18.4 Å². The fraction of sp³-hybridized carbons (Fsp3) is 0.381. The van der Waals surface area contributed by atoms with Crippen molar-refractivity contribution >= 4 is 27.5 Å². The minimum Gasteiger partial charge on any atom is -0.394 e. The van der Waals surface area contributed by atoms with Crippen LogP contribution in [0.2, 0.25) is 0 Å². The first-order valence-corrected chi connectivity index (χ1v) is 10.5. The zero-order chi connectivity index (χ0) is 20.5. The molecule has 2 aromatic heterocycles. The summed E-state index contributed by atoms with van der Waals surface area (Å²) < 4.78 is 1.46. The number of carbonyl (C=O) groups excluding carboxylic acids is 1. The van der Waals surface area contributed by atoms with Gasteiger partial charge in [-0.05, 0) is 18.9 Å². The van der Waals surface area contributed by atoms with Crippen molar-refractivity contribution in [1.29, 1.82) is 0 Å². The summed E-state index contributed by atoms with van der Waals surface area (Å²) in [6.07, 6.45) is 1.36. The molecule has 1 aromatic carbocycles. The molecule has 0 unspecified atom stereocenters. The summed E-state index contributed by atoms with van der Waals surface area (Å²) in [5, 5.41) is 21.7. The Bertz CT molecular complexity index is 1090. The highest BCUT2D eigenvalue weighted by molar-refractivity contribution is 7.17. The lowest BCUT2D eigenvalue weighted by Gasteiger charge is -2.22. The maximum Gasteiger partial charge on any atom is 0.262 e. The summed E-state index contributed by atoms with van der Waals surface area (Å²) >= 11 is 1.43. The highest BCUT2D eigenvalue weighted by Crippen LogP contribution is 2.30. The third-order valence-corrected chi connectivity index (χ3v) is 6.30. The second-order valence-electron chi connectivity index (χ2n) is 7.46. The number of carbonyl (C=O) groups is 1. The molecule has 0 saturated carbocycles. The van der Waals surface area contributed by atoms with Crippen molar-refractivity contribution in [1.82, 2.24) is 14.5 Å². The van der Waals surface area contributed by atoms with Crippen LogP contribution in [-0.2, 0) is 11.3 Å². The van der Waals surface area contributed by atoms with Crippen molar-refractivity contribution in [3.63, 3.8) is 0 Å². The second kappa shape index (κ2) is 8.06. The number of β-amino-alcohol motifs (C(OH)–C–C–N with tert-alkyl or cyclic N) is 1. The van der Waals surface area contributed by atoms with Crippen LogP contribution < -0.4 is 5.56 Å². The van der Waals surface area contributed by atoms with Gasteiger partial charge in [0.1, 0.15) is 4.83 Å². The number of aryl methyl sites for hydroxylation is 2. The number of hydrogen-bond donors (Lipinski definition) is 2. The standard InChI is InChI=1S/C21H23N3O4S/c1-13-2-4-14(5-3-13)17-11-29-20-19(17)21(28)23(12-22-20)7-6-18(27)24-9-16(26)8-15(24)10-25/h2-5,11-12,15-16,25-26H,6-10H2,1H3/t15-,16-/m0/s1. The van der Waals surface area contributed by atoms with E-state index in [0.717, 1.165) is 16.7 Å². The first-order chi connectivity index (χ1) is 14.0. The van der Waals surface area contributed by atoms with E-state index in [1.807, 2.05) is 36.6 Å². The average Bonchev–Trinajstić information content (AvgIpc) is 3.31. The van der Waals surface area contributed by atoms with E-state index in [1.54, 1.807) is 0 Å². The van der Waals surface area contributed by atoms with Gasteiger partial charge >= 0.3 is 0 Å². The third-order valence-electron chi connectivity index (χ3n) is 5.41. The fourth-order valence-electron chi connectivity index (χ4n) is 3.80. The van der Waals surface area contributed by atoms with E-state index in [-0.39, 0.29) is 43.6 Å². The summed E-state index contributed by atoms with van der Waals surface area (Å²) in [5.41, 5.74) is 2.80. The molecule has 1 fully saturated rings. The quantitative estimate of drug-likeness (QED) is 0.665. The Morgan fingerprint density at radius 2 is 2.07 bits per heavy atom. The van der Waals surface area contributed by atoms with Gasteiger partial charge in [0.05, 0.1) is 30.5 Å². The Labute approximate surface area is 171 Å². The molecule has 4 rings (SSSR count). The number of hydrogen-bond acceptors (Lipinski definition) is 6. The van der Waals surface area contributed by atoms with E-state index in [9.17, 15) is 19.8 Å². The molecule has 2 N–H and O–H groups in total. The maximum absolute atomic E-state index is 13.1. The number of fused-ring (bicyclic) bond motifs is 1. The van der Waals surface area contributed by atoms with Gasteiger partial charge in [-0.3, -0.25) is 14.2 Å². The van der Waals surface area contributed by atoms with Crippen molar-refractivity contribution in [2.45, 2.75) is 38.5 Å². The summed E-state index contributed by atoms with van der Waals surface area (Å²) in [4.78, 5) is 32.2. The molecular formula is C21H23N3O4S. The molecule has 152 valence electrons. The van der Waals surface area contributed by atoms with Crippen LogP contribution in [0, 0.1) is 6.92 Å². The number of likely N-dealkylation sites (tertiary alicyclic amines) is 1. The van der Waals surface area contributed by atoms with Crippen LogP contribution in [-0.4, -0.2) is 55.9 Å². The third kappa shape index (κ3) is 3.83. The average molecular weight is 413 g/mol. The Kier molecular flexibility index (Phi) is 5.49. The van der Waals surface area contributed by atoms with Gasteiger partial charge in [-0.25, -0.2) is 4.98 Å². The van der Waals surface area contributed by atoms with Crippen molar-refractivity contribution in [3.8, 4) is 11.1 Å². The highest BCUT2D eigenvalue weighted by atomic mass is 32.1. The molecular weight excluding hydrogens is 390 g/mol. The highest BCUT2D eigenvalue weighted by Gasteiger charge is 2.33. The molecule has 0 spiro atoms. The molecule has 3 heterocycles. The topological polar surface area (TPSA) is 95.7 Å². The second-order valence-corrected chi connectivity index (χ2v) is 8.32. The van der Waals surface area contributed by atoms with Crippen molar-refractivity contribution < 1.29 is 15.0 Å². The number of amides is 1. The molecule has 1 aliphatic heterocycles. The molecule has 1 aliphatic rings. The van der Waals surface area contributed by atoms with Gasteiger partial charge in [0.2, 0.25) is 5.91 Å². The Morgan fingerprint density at radius 1 is 1.31 bits per heavy atom. The molecule has 0 aliphatic carbocycles. The number of aromatic nitrogens is 2. The van der Waals surface area contributed by atoms with Crippen LogP contribution in [0.5, 0.6) is 0 Å². The summed E-state index contributed by atoms with van der Waals surface area (Å²) in [7, 11) is 0. The predicted molar refractivity (Wildman–Crippen MR) is 112 cm³/mol. The van der Waals surface area contributed by atoms with Crippen molar-refractivity contribution in [2.24, 2.45) is 0 Å². The Hall–Kier alpha value is -2.55. The number of benzene rings is 1. The minimum atomic E-state index is -0.611. The number of thiophene rings is 1. The number of nitrogens with zero attached hydrogens (tertiary/aromatic N) is 3. The monoisotopic (exact) mass is 413 g/mol. The first-order valence-electron chi connectivity index (χ1n) is 9.60. The van der Waals surface area contributed by atoms with E-state index in [1.165, 1.54) is 27.1 Å². The minimum absolute atomic E-state index is 0.111. The van der Waals surface area contributed by atoms with Crippen LogP contribution >= 0.6 is 11.3 Å². The lowest BCUT2D eigenvalue weighted by molar-refractivity contribution is -0.133. The van der Waals surface area contributed by atoms with E-state index < -0.39 is 6.10 Å². The van der Waals surface area contributed by atoms with Gasteiger partial charge in [-0.2, -0.15) is 0 Å². The van der Waals surface area contributed by atoms with Gasteiger partial charge < -0.3 is 15.1 Å². The van der Waals surface area contributed by atoms with Crippen LogP contribution in [0.3, 0.4) is 0 Å². The van der Waals surface area contributed by atoms with Crippen LogP contribution in [0.25, 0.3) is 21.3 Å². The number of aliphatic hydroxyl groups is 2. The zero-order valence-corrected chi connectivity index (χ0v) is 16.9. The van der Waals surface area contributed by atoms with Gasteiger partial charge in [-0.1, -0.05) is 29.8 Å². The molecule has 0 bridgehead atoms. The van der Waals surface area contributed by atoms with Gasteiger partial charge in [0, 0.05) is 30.5 Å². The summed E-state index contributed by atoms with van der Waals surface area (Å²) in [5.74, 6) is -0.184. The molecule has 0 radical (unpaired) electrons. The zero-order valence-electron chi connectivity index (χ0n) is 16.1. The van der Waals surface area contributed by atoms with Crippen LogP contribution in [0.15, 0.2) is 40.8 Å². The normalized spacial score (nSPS) is 19.2. The molecule has 1 amide bonds.